The van der Waals surface area contributed by atoms with E-state index in [0.29, 0.717) is 11.3 Å². The fraction of sp³-hybridized carbons (Fsp3) is 0.471. The number of benzene rings is 1. The van der Waals surface area contributed by atoms with Crippen LogP contribution in [0.15, 0.2) is 28.9 Å². The van der Waals surface area contributed by atoms with Crippen molar-refractivity contribution < 1.29 is 19.1 Å². The van der Waals surface area contributed by atoms with Gasteiger partial charge in [0.25, 0.3) is 0 Å². The Kier molecular flexibility index (Phi) is 4.76. The maximum atomic E-state index is 12.0. The molecule has 0 saturated heterocycles. The minimum Gasteiger partial charge on any atom is -0.497 e. The Bertz CT molecular complexity index is 654. The van der Waals surface area contributed by atoms with Crippen LogP contribution in [0, 0.1) is 5.41 Å². The van der Waals surface area contributed by atoms with E-state index >= 15 is 0 Å². The Balaban J connectivity index is 2.00. The van der Waals surface area contributed by atoms with Crippen molar-refractivity contribution in [3.05, 3.63) is 30.0 Å². The van der Waals surface area contributed by atoms with E-state index in [-0.39, 0.29) is 24.3 Å². The third-order valence-electron chi connectivity index (χ3n) is 3.71. The Morgan fingerprint density at radius 3 is 2.77 bits per heavy atom. The standard InChI is InChI=1S/C17H23NO4/c1-17(2,3)15(19)9-18-16(20)7-11-10-22-14-8-12(21-4)5-6-13(11)14/h5-6,8,10,15,19H,7,9H2,1-4H3,(H,18,20). The number of aliphatic hydroxyl groups is 1. The fourth-order valence-electron chi connectivity index (χ4n) is 2.08. The number of nitrogens with one attached hydrogen (secondary N) is 1. The third-order valence-corrected chi connectivity index (χ3v) is 3.71. The molecule has 5 heteroatoms. The number of carbonyl (C=O) groups is 1. The van der Waals surface area contributed by atoms with Gasteiger partial charge in [-0.1, -0.05) is 20.8 Å². The van der Waals surface area contributed by atoms with Crippen LogP contribution in [0.1, 0.15) is 26.3 Å². The number of methoxy groups -OCH3 is 1. The zero-order valence-corrected chi connectivity index (χ0v) is 13.5. The maximum absolute atomic E-state index is 12.0. The van der Waals surface area contributed by atoms with Gasteiger partial charge in [0.1, 0.15) is 11.3 Å². The van der Waals surface area contributed by atoms with Crippen molar-refractivity contribution in [2.45, 2.75) is 33.3 Å². The van der Waals surface area contributed by atoms with Gasteiger partial charge in [-0.05, 0) is 17.5 Å². The summed E-state index contributed by atoms with van der Waals surface area (Å²) in [6, 6.07) is 5.51. The van der Waals surface area contributed by atoms with Crippen molar-refractivity contribution in [1.82, 2.24) is 5.32 Å². The molecule has 1 amide bonds. The van der Waals surface area contributed by atoms with E-state index in [4.69, 9.17) is 9.15 Å². The van der Waals surface area contributed by atoms with Gasteiger partial charge >= 0.3 is 0 Å². The highest BCUT2D eigenvalue weighted by molar-refractivity contribution is 5.88. The van der Waals surface area contributed by atoms with Crippen molar-refractivity contribution >= 4 is 16.9 Å². The molecule has 1 aromatic heterocycles. The predicted octanol–water partition coefficient (Wildman–Crippen LogP) is 2.51. The lowest BCUT2D eigenvalue weighted by Gasteiger charge is -2.25. The van der Waals surface area contributed by atoms with E-state index in [9.17, 15) is 9.90 Å². The summed E-state index contributed by atoms with van der Waals surface area (Å²) in [7, 11) is 1.60. The summed E-state index contributed by atoms with van der Waals surface area (Å²) < 4.78 is 10.6. The normalized spacial score (nSPS) is 13.1. The molecule has 0 aliphatic rings. The summed E-state index contributed by atoms with van der Waals surface area (Å²) in [6.07, 6.45) is 1.22. The van der Waals surface area contributed by atoms with Crippen LogP contribution in [0.25, 0.3) is 11.0 Å². The van der Waals surface area contributed by atoms with Crippen LogP contribution < -0.4 is 10.1 Å². The molecule has 2 rings (SSSR count). The average Bonchev–Trinajstić information content (AvgIpc) is 2.85. The number of furan rings is 1. The fourth-order valence-corrected chi connectivity index (χ4v) is 2.08. The second-order valence-electron chi connectivity index (χ2n) is 6.49. The van der Waals surface area contributed by atoms with Gasteiger partial charge in [0.05, 0.1) is 25.9 Å². The average molecular weight is 305 g/mol. The molecule has 22 heavy (non-hydrogen) atoms. The molecule has 120 valence electrons. The van der Waals surface area contributed by atoms with Crippen LogP contribution in [0.2, 0.25) is 0 Å². The number of ether oxygens (including phenoxy) is 1. The largest absolute Gasteiger partial charge is 0.497 e. The second kappa shape index (κ2) is 6.40. The molecule has 5 nitrogen and oxygen atoms in total. The SMILES string of the molecule is COc1ccc2c(CC(=O)NCC(O)C(C)(C)C)coc2c1. The molecule has 0 bridgehead atoms. The Morgan fingerprint density at radius 2 is 2.14 bits per heavy atom. The highest BCUT2D eigenvalue weighted by Gasteiger charge is 2.22. The first-order valence-corrected chi connectivity index (χ1v) is 7.30. The molecule has 0 aliphatic carbocycles. The lowest BCUT2D eigenvalue weighted by atomic mass is 9.89. The molecule has 0 saturated carbocycles. The van der Waals surface area contributed by atoms with Gasteiger partial charge in [-0.25, -0.2) is 0 Å². The van der Waals surface area contributed by atoms with E-state index in [1.54, 1.807) is 19.4 Å². The molecule has 0 spiro atoms. The van der Waals surface area contributed by atoms with Gasteiger partial charge in [0.2, 0.25) is 5.91 Å². The summed E-state index contributed by atoms with van der Waals surface area (Å²) in [4.78, 5) is 12.0. The van der Waals surface area contributed by atoms with Crippen LogP contribution in [0.3, 0.4) is 0 Å². The van der Waals surface area contributed by atoms with Gasteiger partial charge in [0.15, 0.2) is 0 Å². The summed E-state index contributed by atoms with van der Waals surface area (Å²) in [5.41, 5.74) is 1.25. The van der Waals surface area contributed by atoms with Gasteiger partial charge in [-0.15, -0.1) is 0 Å². The van der Waals surface area contributed by atoms with E-state index in [0.717, 1.165) is 10.9 Å². The maximum Gasteiger partial charge on any atom is 0.224 e. The molecule has 1 unspecified atom stereocenters. The molecule has 1 aromatic carbocycles. The van der Waals surface area contributed by atoms with Crippen LogP contribution >= 0.6 is 0 Å². The van der Waals surface area contributed by atoms with Gasteiger partial charge in [0, 0.05) is 23.6 Å². The van der Waals surface area contributed by atoms with Crippen molar-refractivity contribution in [1.29, 1.82) is 0 Å². The Morgan fingerprint density at radius 1 is 1.41 bits per heavy atom. The molecule has 0 aliphatic heterocycles. The third kappa shape index (κ3) is 3.80. The molecule has 2 aromatic rings. The zero-order chi connectivity index (χ0) is 16.3. The van der Waals surface area contributed by atoms with E-state index in [1.165, 1.54) is 0 Å². The summed E-state index contributed by atoms with van der Waals surface area (Å²) in [6.45, 7) is 6.04. The molecular weight excluding hydrogens is 282 g/mol. The molecule has 2 N–H and O–H groups in total. The number of fused-ring (bicyclic) bond motifs is 1. The highest BCUT2D eigenvalue weighted by atomic mass is 16.5. The van der Waals surface area contributed by atoms with E-state index < -0.39 is 6.10 Å². The highest BCUT2D eigenvalue weighted by Crippen LogP contribution is 2.26. The number of hydrogen-bond acceptors (Lipinski definition) is 4. The van der Waals surface area contributed by atoms with Crippen LogP contribution in [0.4, 0.5) is 0 Å². The van der Waals surface area contributed by atoms with Crippen molar-refractivity contribution in [2.75, 3.05) is 13.7 Å². The summed E-state index contributed by atoms with van der Waals surface area (Å²) in [5.74, 6) is 0.577. The number of aliphatic hydroxyl groups excluding tert-OH is 1. The first-order chi connectivity index (χ1) is 10.3. The van der Waals surface area contributed by atoms with Gasteiger partial charge in [-0.2, -0.15) is 0 Å². The van der Waals surface area contributed by atoms with Crippen molar-refractivity contribution in [3.8, 4) is 5.75 Å². The lowest BCUT2D eigenvalue weighted by molar-refractivity contribution is -0.121. The molecule has 1 heterocycles. The summed E-state index contributed by atoms with van der Waals surface area (Å²) in [5, 5.41) is 13.6. The zero-order valence-electron chi connectivity index (χ0n) is 13.5. The number of rotatable bonds is 5. The quantitative estimate of drug-likeness (QED) is 0.890. The summed E-state index contributed by atoms with van der Waals surface area (Å²) >= 11 is 0. The monoisotopic (exact) mass is 305 g/mol. The van der Waals surface area contributed by atoms with Gasteiger partial charge < -0.3 is 19.6 Å². The first-order valence-electron chi connectivity index (χ1n) is 7.30. The minimum atomic E-state index is -0.582. The van der Waals surface area contributed by atoms with Crippen LogP contribution in [0.5, 0.6) is 5.75 Å². The Labute approximate surface area is 130 Å². The predicted molar refractivity (Wildman–Crippen MR) is 84.9 cm³/mol. The van der Waals surface area contributed by atoms with E-state index in [2.05, 4.69) is 5.32 Å². The number of amides is 1. The van der Waals surface area contributed by atoms with E-state index in [1.807, 2.05) is 32.9 Å². The topological polar surface area (TPSA) is 71.7 Å². The molecule has 0 fully saturated rings. The molecule has 0 radical (unpaired) electrons. The molecular formula is C17H23NO4. The van der Waals surface area contributed by atoms with Gasteiger partial charge in [-0.3, -0.25) is 4.79 Å². The number of hydrogen-bond donors (Lipinski definition) is 2. The van der Waals surface area contributed by atoms with Crippen LogP contribution in [-0.4, -0.2) is 30.8 Å². The molecule has 1 atom stereocenters. The van der Waals surface area contributed by atoms with Crippen LogP contribution in [-0.2, 0) is 11.2 Å². The number of carbonyl (C=O) groups excluding carboxylic acids is 1. The minimum absolute atomic E-state index is 0.137. The van der Waals surface area contributed by atoms with Crippen molar-refractivity contribution in [2.24, 2.45) is 5.41 Å². The first kappa shape index (κ1) is 16.4. The lowest BCUT2D eigenvalue weighted by Crippen LogP contribution is -2.39. The second-order valence-corrected chi connectivity index (χ2v) is 6.49. The van der Waals surface area contributed by atoms with Crippen molar-refractivity contribution in [3.63, 3.8) is 0 Å². The Hall–Kier alpha value is -2.01. The smallest absolute Gasteiger partial charge is 0.224 e.